The van der Waals surface area contributed by atoms with E-state index in [1.165, 1.54) is 7.05 Å². The van der Waals surface area contributed by atoms with Gasteiger partial charge < -0.3 is 11.5 Å². The Morgan fingerprint density at radius 1 is 1.12 bits per heavy atom. The lowest BCUT2D eigenvalue weighted by atomic mass is 10.1. The molecule has 0 saturated heterocycles. The van der Waals surface area contributed by atoms with Gasteiger partial charge in [0.1, 0.15) is 0 Å². The number of Topliss-reactive ketones (excluding diaryl/α,β-unsaturated/α-hetero) is 1. The number of hydrogen-bond donors (Lipinski definition) is 2. The van der Waals surface area contributed by atoms with E-state index in [1.807, 2.05) is 19.9 Å². The van der Waals surface area contributed by atoms with E-state index in [0.717, 1.165) is 0 Å². The van der Waals surface area contributed by atoms with Crippen LogP contribution in [-0.2, 0) is 4.79 Å². The summed E-state index contributed by atoms with van der Waals surface area (Å²) in [6.07, 6.45) is -0.0828. The van der Waals surface area contributed by atoms with Gasteiger partial charge >= 0.3 is 0 Å². The van der Waals surface area contributed by atoms with Crippen LogP contribution in [0.5, 0.6) is 0 Å². The quantitative estimate of drug-likeness (QED) is 0.610. The topological polar surface area (TPSA) is 81.2 Å². The second-order valence-electron chi connectivity index (χ2n) is 2.64. The highest BCUT2D eigenvalue weighted by molar-refractivity contribution is 6.07. The summed E-state index contributed by atoms with van der Waals surface area (Å²) < 4.78 is 0. The number of nitrogens with one attached hydrogen (secondary N) is 1. The number of ketones is 1. The Morgan fingerprint density at radius 3 is 2.06 bits per heavy atom. The first-order chi connectivity index (χ1) is 7.24. The lowest BCUT2D eigenvalue weighted by molar-refractivity contribution is -0.119. The summed E-state index contributed by atoms with van der Waals surface area (Å²) in [5, 5.41) is 2.41. The molecule has 0 bridgehead atoms. The molecule has 0 fully saturated rings. The average molecular weight is 224 g/mol. The molecule has 1 aromatic rings. The predicted octanol–water partition coefficient (Wildman–Crippen LogP) is 2.19. The molecular formula is C12H20N2O2. The fraction of sp³-hybridized carbons (Fsp3) is 0.333. The molecule has 1 rings (SSSR count). The first kappa shape index (κ1) is 16.7. The zero-order chi connectivity index (χ0) is 11.7. The Hall–Kier alpha value is -1.68. The molecule has 0 heterocycles. The van der Waals surface area contributed by atoms with Crippen LogP contribution >= 0.6 is 0 Å². The zero-order valence-electron chi connectivity index (χ0n) is 10.1. The van der Waals surface area contributed by atoms with Gasteiger partial charge in [-0.15, -0.1) is 0 Å². The van der Waals surface area contributed by atoms with Gasteiger partial charge in [0.15, 0.2) is 5.78 Å². The highest BCUT2D eigenvalue weighted by atomic mass is 16.2. The molecule has 0 spiro atoms. The van der Waals surface area contributed by atoms with Crippen LogP contribution in [0.2, 0.25) is 0 Å². The number of hydrogen-bond acceptors (Lipinski definition) is 3. The third-order valence-corrected chi connectivity index (χ3v) is 1.70. The van der Waals surface area contributed by atoms with E-state index >= 15 is 0 Å². The third-order valence-electron chi connectivity index (χ3n) is 1.70. The second kappa shape index (κ2) is 9.86. The van der Waals surface area contributed by atoms with Crippen molar-refractivity contribution in [2.45, 2.75) is 20.3 Å². The molecule has 90 valence electrons. The van der Waals surface area contributed by atoms with Crippen LogP contribution in [-0.4, -0.2) is 18.7 Å². The number of carbonyl (C=O) groups is 2. The van der Waals surface area contributed by atoms with Gasteiger partial charge in [0.2, 0.25) is 5.91 Å². The third kappa shape index (κ3) is 5.93. The molecular weight excluding hydrogens is 204 g/mol. The van der Waals surface area contributed by atoms with E-state index in [0.29, 0.717) is 5.56 Å². The normalized spacial score (nSPS) is 7.94. The monoisotopic (exact) mass is 224 g/mol. The molecule has 0 aliphatic carbocycles. The van der Waals surface area contributed by atoms with Crippen molar-refractivity contribution in [3.05, 3.63) is 35.9 Å². The lowest BCUT2D eigenvalue weighted by Crippen LogP contribution is -2.21. The lowest BCUT2D eigenvalue weighted by Gasteiger charge is -1.98. The van der Waals surface area contributed by atoms with Crippen molar-refractivity contribution in [2.24, 2.45) is 0 Å². The number of benzene rings is 1. The Bertz CT molecular complexity index is 310. The highest BCUT2D eigenvalue weighted by Gasteiger charge is 2.08. The van der Waals surface area contributed by atoms with Gasteiger partial charge in [-0.1, -0.05) is 44.2 Å². The summed E-state index contributed by atoms with van der Waals surface area (Å²) in [5.74, 6) is -0.409. The Kier molecular flexibility index (Phi) is 10.3. The van der Waals surface area contributed by atoms with Crippen LogP contribution in [0.25, 0.3) is 0 Å². The SMILES string of the molecule is CC.CNC(=O)CC(=O)c1ccccc1.N. The number of rotatable bonds is 3. The van der Waals surface area contributed by atoms with E-state index in [4.69, 9.17) is 0 Å². The highest BCUT2D eigenvalue weighted by Crippen LogP contribution is 2.02. The van der Waals surface area contributed by atoms with Gasteiger partial charge in [0.25, 0.3) is 0 Å². The van der Waals surface area contributed by atoms with Crippen molar-refractivity contribution < 1.29 is 9.59 Å². The van der Waals surface area contributed by atoms with Crippen molar-refractivity contribution in [3.8, 4) is 0 Å². The first-order valence-electron chi connectivity index (χ1n) is 5.03. The van der Waals surface area contributed by atoms with E-state index in [9.17, 15) is 9.59 Å². The first-order valence-corrected chi connectivity index (χ1v) is 5.03. The minimum atomic E-state index is -0.256. The molecule has 0 unspecified atom stereocenters. The van der Waals surface area contributed by atoms with E-state index < -0.39 is 0 Å². The molecule has 0 radical (unpaired) electrons. The summed E-state index contributed by atoms with van der Waals surface area (Å²) in [6.45, 7) is 4.00. The van der Waals surface area contributed by atoms with Gasteiger partial charge in [-0.05, 0) is 0 Å². The summed E-state index contributed by atoms with van der Waals surface area (Å²) in [5.41, 5.74) is 0.575. The van der Waals surface area contributed by atoms with Crippen LogP contribution in [0.15, 0.2) is 30.3 Å². The van der Waals surface area contributed by atoms with Crippen molar-refractivity contribution >= 4 is 11.7 Å². The average Bonchev–Trinajstić information content (AvgIpc) is 2.32. The van der Waals surface area contributed by atoms with Crippen molar-refractivity contribution in [1.29, 1.82) is 0 Å². The number of carbonyl (C=O) groups excluding carboxylic acids is 2. The molecule has 16 heavy (non-hydrogen) atoms. The molecule has 0 aromatic heterocycles. The van der Waals surface area contributed by atoms with Crippen LogP contribution in [0.3, 0.4) is 0 Å². The van der Waals surface area contributed by atoms with Gasteiger partial charge in [-0.2, -0.15) is 0 Å². The van der Waals surface area contributed by atoms with Crippen molar-refractivity contribution in [2.75, 3.05) is 7.05 Å². The van der Waals surface area contributed by atoms with Crippen LogP contribution in [0.1, 0.15) is 30.6 Å². The minimum absolute atomic E-state index is 0. The Balaban J connectivity index is 0. The summed E-state index contributed by atoms with van der Waals surface area (Å²) in [7, 11) is 1.51. The van der Waals surface area contributed by atoms with Crippen molar-refractivity contribution in [3.63, 3.8) is 0 Å². The Labute approximate surface area is 96.6 Å². The molecule has 1 aromatic carbocycles. The maximum Gasteiger partial charge on any atom is 0.227 e. The smallest absolute Gasteiger partial charge is 0.227 e. The molecule has 4 heteroatoms. The molecule has 0 aliphatic rings. The van der Waals surface area contributed by atoms with E-state index in [1.54, 1.807) is 24.3 Å². The largest absolute Gasteiger partial charge is 0.359 e. The molecule has 0 atom stereocenters. The Morgan fingerprint density at radius 2 is 1.62 bits per heavy atom. The molecule has 4 N–H and O–H groups in total. The molecule has 4 nitrogen and oxygen atoms in total. The van der Waals surface area contributed by atoms with Gasteiger partial charge in [0.05, 0.1) is 6.42 Å². The fourth-order valence-corrected chi connectivity index (χ4v) is 0.960. The summed E-state index contributed by atoms with van der Waals surface area (Å²) in [4.78, 5) is 22.2. The molecule has 0 saturated carbocycles. The fourth-order valence-electron chi connectivity index (χ4n) is 0.960. The van der Waals surface area contributed by atoms with Crippen LogP contribution < -0.4 is 11.5 Å². The summed E-state index contributed by atoms with van der Waals surface area (Å²) >= 11 is 0. The second-order valence-corrected chi connectivity index (χ2v) is 2.64. The van der Waals surface area contributed by atoms with Gasteiger partial charge in [0, 0.05) is 12.6 Å². The maximum atomic E-state index is 11.4. The standard InChI is InChI=1S/C10H11NO2.C2H6.H3N/c1-11-10(13)7-9(12)8-5-3-2-4-6-8;1-2;/h2-6H,7H2,1H3,(H,11,13);1-2H3;1H3. The van der Waals surface area contributed by atoms with E-state index in [-0.39, 0.29) is 24.3 Å². The van der Waals surface area contributed by atoms with E-state index in [2.05, 4.69) is 5.32 Å². The van der Waals surface area contributed by atoms with Gasteiger partial charge in [-0.25, -0.2) is 0 Å². The minimum Gasteiger partial charge on any atom is -0.359 e. The van der Waals surface area contributed by atoms with Crippen LogP contribution in [0.4, 0.5) is 0 Å². The summed E-state index contributed by atoms with van der Waals surface area (Å²) in [6, 6.07) is 8.78. The van der Waals surface area contributed by atoms with Crippen LogP contribution in [0, 0.1) is 0 Å². The maximum absolute atomic E-state index is 11.4. The van der Waals surface area contributed by atoms with Crippen molar-refractivity contribution in [1.82, 2.24) is 11.5 Å². The zero-order valence-corrected chi connectivity index (χ0v) is 10.1. The molecule has 0 aliphatic heterocycles. The number of amides is 1. The molecule has 1 amide bonds. The van der Waals surface area contributed by atoms with Gasteiger partial charge in [-0.3, -0.25) is 9.59 Å². The predicted molar refractivity (Wildman–Crippen MR) is 65.8 cm³/mol.